The van der Waals surface area contributed by atoms with Crippen LogP contribution in [-0.4, -0.2) is 52.4 Å². The number of likely N-dealkylation sites (N-methyl/N-ethyl adjacent to an activating group) is 1. The van der Waals surface area contributed by atoms with Gasteiger partial charge in [0.15, 0.2) is 0 Å². The van der Waals surface area contributed by atoms with E-state index in [1.54, 1.807) is 0 Å². The fourth-order valence-electron chi connectivity index (χ4n) is 4.34. The lowest BCUT2D eigenvalue weighted by atomic mass is 10.1. The van der Waals surface area contributed by atoms with Crippen LogP contribution in [-0.2, 0) is 4.57 Å². The van der Waals surface area contributed by atoms with Gasteiger partial charge in [0, 0.05) is 0 Å². The minimum Gasteiger partial charge on any atom is -0.373 e. The van der Waals surface area contributed by atoms with Crippen molar-refractivity contribution in [1.29, 1.82) is 0 Å². The van der Waals surface area contributed by atoms with Crippen LogP contribution < -0.4 is 0 Å². The number of rotatable bonds is 23. The van der Waals surface area contributed by atoms with Crippen LogP contribution in [0, 0.1) is 0 Å². The molecular weight excluding hydrogens is 445 g/mol. The van der Waals surface area contributed by atoms with Gasteiger partial charge in [0.2, 0.25) is 5.34 Å². The standard InChI is InChI=1S/C28H56NO4P/c1-5-6-7-8-9-10-11-12-13-14-15-16-17-18-19-20-21-22-23-24-25-26-28(30,34(31,32)33)27-29(2,3)4/h17-18,21-22,30H,5-16,19-20,23-27H2,1-4H3,(H-,31,32,33)/p+1/b18-17-,22-21-. The van der Waals surface area contributed by atoms with E-state index < -0.39 is 12.9 Å². The van der Waals surface area contributed by atoms with Crippen molar-refractivity contribution in [3.8, 4) is 0 Å². The molecule has 34 heavy (non-hydrogen) atoms. The Labute approximate surface area is 211 Å². The largest absolute Gasteiger partial charge is 0.373 e. The second kappa shape index (κ2) is 19.7. The number of hydrogen-bond acceptors (Lipinski definition) is 2. The number of quaternary nitrogens is 1. The van der Waals surface area contributed by atoms with Gasteiger partial charge in [-0.25, -0.2) is 0 Å². The average molecular weight is 503 g/mol. The Kier molecular flexibility index (Phi) is 19.4. The van der Waals surface area contributed by atoms with Gasteiger partial charge >= 0.3 is 7.60 Å². The second-order valence-corrected chi connectivity index (χ2v) is 13.0. The summed E-state index contributed by atoms with van der Waals surface area (Å²) < 4.78 is 12.1. The summed E-state index contributed by atoms with van der Waals surface area (Å²) in [6.45, 7) is 2.31. The molecule has 0 aliphatic rings. The Bertz CT molecular complexity index is 579. The molecular formula is C28H57NO4P+. The van der Waals surface area contributed by atoms with E-state index in [1.165, 1.54) is 77.0 Å². The molecule has 0 fully saturated rings. The minimum absolute atomic E-state index is 0.0403. The lowest BCUT2D eigenvalue weighted by molar-refractivity contribution is -0.875. The van der Waals surface area contributed by atoms with E-state index in [0.717, 1.165) is 25.7 Å². The fourth-order valence-corrected chi connectivity index (χ4v) is 5.39. The molecule has 0 aliphatic heterocycles. The quantitative estimate of drug-likeness (QED) is 0.0578. The van der Waals surface area contributed by atoms with E-state index in [-0.39, 0.29) is 13.0 Å². The molecule has 202 valence electrons. The molecule has 0 aromatic carbocycles. The summed E-state index contributed by atoms with van der Waals surface area (Å²) in [7, 11) is 0.922. The zero-order chi connectivity index (χ0) is 25.8. The SMILES string of the molecule is CCCCCCCCCCCCC/C=C\CC/C=C\CCCCC(O)(C[N+](C)(C)C)P(=O)(O)O. The lowest BCUT2D eigenvalue weighted by Gasteiger charge is -2.35. The van der Waals surface area contributed by atoms with Crippen molar-refractivity contribution in [1.82, 2.24) is 0 Å². The average Bonchev–Trinajstić information content (AvgIpc) is 2.73. The Morgan fingerprint density at radius 1 is 0.647 bits per heavy atom. The lowest BCUT2D eigenvalue weighted by Crippen LogP contribution is -2.49. The molecule has 0 aliphatic carbocycles. The van der Waals surface area contributed by atoms with E-state index in [0.29, 0.717) is 10.9 Å². The summed E-state index contributed by atoms with van der Waals surface area (Å²) in [5, 5.41) is 8.60. The Hall–Kier alpha value is -0.450. The Morgan fingerprint density at radius 3 is 1.44 bits per heavy atom. The molecule has 0 bridgehead atoms. The molecule has 1 unspecified atom stereocenters. The smallest absolute Gasteiger partial charge is 0.362 e. The van der Waals surface area contributed by atoms with Crippen LogP contribution in [0.25, 0.3) is 0 Å². The van der Waals surface area contributed by atoms with Gasteiger partial charge in [-0.3, -0.25) is 4.57 Å². The first-order chi connectivity index (χ1) is 16.0. The predicted molar refractivity (Wildman–Crippen MR) is 147 cm³/mol. The van der Waals surface area contributed by atoms with Gasteiger partial charge in [-0.2, -0.15) is 0 Å². The van der Waals surface area contributed by atoms with Crippen molar-refractivity contribution in [3.05, 3.63) is 24.3 Å². The van der Waals surface area contributed by atoms with Crippen molar-refractivity contribution in [2.45, 2.75) is 128 Å². The summed E-state index contributed by atoms with van der Waals surface area (Å²) in [6, 6.07) is 0. The van der Waals surface area contributed by atoms with Gasteiger partial charge in [-0.05, 0) is 51.4 Å². The van der Waals surface area contributed by atoms with E-state index in [4.69, 9.17) is 0 Å². The molecule has 0 aromatic heterocycles. The Balaban J connectivity index is 3.66. The first-order valence-corrected chi connectivity index (χ1v) is 15.5. The van der Waals surface area contributed by atoms with Gasteiger partial charge in [-0.15, -0.1) is 0 Å². The maximum atomic E-state index is 11.8. The van der Waals surface area contributed by atoms with Crippen molar-refractivity contribution >= 4 is 7.60 Å². The van der Waals surface area contributed by atoms with Crippen LogP contribution in [0.3, 0.4) is 0 Å². The number of allylic oxidation sites excluding steroid dienone is 4. The normalized spacial score (nSPS) is 14.9. The third-order valence-electron chi connectivity index (χ3n) is 6.28. The highest BCUT2D eigenvalue weighted by Crippen LogP contribution is 2.52. The summed E-state index contributed by atoms with van der Waals surface area (Å²) in [5.41, 5.74) is 0. The van der Waals surface area contributed by atoms with Crippen molar-refractivity contribution < 1.29 is 23.9 Å². The van der Waals surface area contributed by atoms with Crippen LogP contribution in [0.15, 0.2) is 24.3 Å². The molecule has 0 saturated heterocycles. The highest BCUT2D eigenvalue weighted by Gasteiger charge is 2.48. The molecule has 6 heteroatoms. The highest BCUT2D eigenvalue weighted by molar-refractivity contribution is 7.53. The summed E-state index contributed by atoms with van der Waals surface area (Å²) in [5.74, 6) is 0. The van der Waals surface area contributed by atoms with E-state index in [2.05, 4.69) is 31.2 Å². The van der Waals surface area contributed by atoms with Crippen LogP contribution >= 0.6 is 7.60 Å². The van der Waals surface area contributed by atoms with Crippen LogP contribution in [0.2, 0.25) is 0 Å². The maximum absolute atomic E-state index is 11.8. The van der Waals surface area contributed by atoms with Crippen LogP contribution in [0.1, 0.15) is 122 Å². The molecule has 3 N–H and O–H groups in total. The molecule has 5 nitrogen and oxygen atoms in total. The van der Waals surface area contributed by atoms with E-state index in [9.17, 15) is 19.5 Å². The molecule has 1 atom stereocenters. The molecule has 0 heterocycles. The molecule has 0 rings (SSSR count). The number of hydrogen-bond donors (Lipinski definition) is 3. The van der Waals surface area contributed by atoms with E-state index in [1.807, 2.05) is 21.1 Å². The monoisotopic (exact) mass is 502 g/mol. The second-order valence-electron chi connectivity index (χ2n) is 11.1. The first-order valence-electron chi connectivity index (χ1n) is 13.9. The van der Waals surface area contributed by atoms with Crippen molar-refractivity contribution in [3.63, 3.8) is 0 Å². The van der Waals surface area contributed by atoms with Crippen LogP contribution in [0.5, 0.6) is 0 Å². The fraction of sp³-hybridized carbons (Fsp3) is 0.857. The molecule has 0 spiro atoms. The van der Waals surface area contributed by atoms with Crippen molar-refractivity contribution in [2.75, 3.05) is 27.7 Å². The molecule has 0 aromatic rings. The third-order valence-corrected chi connectivity index (χ3v) is 7.72. The predicted octanol–water partition coefficient (Wildman–Crippen LogP) is 7.71. The first kappa shape index (κ1) is 33.5. The van der Waals surface area contributed by atoms with Gasteiger partial charge in [0.25, 0.3) is 0 Å². The molecule has 0 radical (unpaired) electrons. The molecule has 0 saturated carbocycles. The Morgan fingerprint density at radius 2 is 1.03 bits per heavy atom. The van der Waals surface area contributed by atoms with Gasteiger partial charge < -0.3 is 19.4 Å². The topological polar surface area (TPSA) is 77.8 Å². The van der Waals surface area contributed by atoms with Gasteiger partial charge in [-0.1, -0.05) is 95.4 Å². The number of nitrogens with zero attached hydrogens (tertiary/aromatic N) is 1. The van der Waals surface area contributed by atoms with E-state index >= 15 is 0 Å². The maximum Gasteiger partial charge on any atom is 0.362 e. The third kappa shape index (κ3) is 19.8. The number of aliphatic hydroxyl groups is 1. The zero-order valence-corrected chi connectivity index (χ0v) is 23.8. The van der Waals surface area contributed by atoms with Crippen molar-refractivity contribution in [2.24, 2.45) is 0 Å². The summed E-state index contributed by atoms with van der Waals surface area (Å²) in [6.07, 6.45) is 29.9. The van der Waals surface area contributed by atoms with Gasteiger partial charge in [0.1, 0.15) is 6.54 Å². The zero-order valence-electron chi connectivity index (χ0n) is 22.9. The summed E-state index contributed by atoms with van der Waals surface area (Å²) >= 11 is 0. The number of unbranched alkanes of at least 4 members (excludes halogenated alkanes) is 14. The van der Waals surface area contributed by atoms with Crippen LogP contribution in [0.4, 0.5) is 0 Å². The highest BCUT2D eigenvalue weighted by atomic mass is 31.2. The molecule has 0 amide bonds. The van der Waals surface area contributed by atoms with Gasteiger partial charge in [0.05, 0.1) is 21.1 Å². The minimum atomic E-state index is -4.57. The summed E-state index contributed by atoms with van der Waals surface area (Å²) in [4.78, 5) is 19.2.